The number of hydrogen-bond acceptors (Lipinski definition) is 7. The lowest BCUT2D eigenvalue weighted by Crippen LogP contribution is -2.40. The van der Waals surface area contributed by atoms with Crippen LogP contribution in [0.4, 0.5) is 5.95 Å². The average Bonchev–Trinajstić information content (AvgIpc) is 3.14. The maximum absolute atomic E-state index is 13.4. The smallest absolute Gasteiger partial charge is 0.332 e. The second kappa shape index (κ2) is 10.2. The Morgan fingerprint density at radius 1 is 1.17 bits per heavy atom. The zero-order chi connectivity index (χ0) is 25.3. The Hall–Kier alpha value is -2.48. The molecular formula is C22H29BrN6O5S. The van der Waals surface area contributed by atoms with Crippen LogP contribution >= 0.6 is 15.9 Å². The van der Waals surface area contributed by atoms with Crippen molar-refractivity contribution < 1.29 is 13.5 Å². The predicted octanol–water partition coefficient (Wildman–Crippen LogP) is 1.57. The fourth-order valence-electron chi connectivity index (χ4n) is 4.62. The van der Waals surface area contributed by atoms with Crippen molar-refractivity contribution in [1.29, 1.82) is 0 Å². The van der Waals surface area contributed by atoms with Crippen molar-refractivity contribution >= 4 is 43.1 Å². The summed E-state index contributed by atoms with van der Waals surface area (Å²) in [6.45, 7) is 1.81. The van der Waals surface area contributed by atoms with Gasteiger partial charge in [-0.25, -0.2) is 18.4 Å². The first-order valence-corrected chi connectivity index (χ1v) is 13.9. The fourth-order valence-corrected chi connectivity index (χ4v) is 6.31. The van der Waals surface area contributed by atoms with Gasteiger partial charge in [-0.2, -0.15) is 4.98 Å². The second-order valence-electron chi connectivity index (χ2n) is 8.69. The molecule has 4 rings (SSSR count). The van der Waals surface area contributed by atoms with Gasteiger partial charge in [-0.05, 0) is 53.4 Å². The normalized spacial score (nSPS) is 15.1. The van der Waals surface area contributed by atoms with Crippen LogP contribution in [0.5, 0.6) is 0 Å². The first-order chi connectivity index (χ1) is 16.7. The molecule has 0 aliphatic heterocycles. The molecule has 1 aliphatic rings. The van der Waals surface area contributed by atoms with Crippen LogP contribution in [0.15, 0.2) is 37.2 Å². The van der Waals surface area contributed by atoms with Gasteiger partial charge >= 0.3 is 5.69 Å². The molecule has 1 fully saturated rings. The Morgan fingerprint density at radius 2 is 1.89 bits per heavy atom. The maximum atomic E-state index is 13.4. The van der Waals surface area contributed by atoms with Crippen molar-refractivity contribution in [2.45, 2.75) is 69.6 Å². The summed E-state index contributed by atoms with van der Waals surface area (Å²) in [5.74, 6) is 0.454. The number of aliphatic hydroxyl groups excluding tert-OH is 1. The van der Waals surface area contributed by atoms with Gasteiger partial charge in [-0.3, -0.25) is 18.5 Å². The molecule has 0 bridgehead atoms. The van der Waals surface area contributed by atoms with Crippen LogP contribution in [-0.4, -0.2) is 44.9 Å². The van der Waals surface area contributed by atoms with Crippen LogP contribution in [0.2, 0.25) is 0 Å². The quantitative estimate of drug-likeness (QED) is 0.372. The molecule has 0 spiro atoms. The molecule has 11 nitrogen and oxygen atoms in total. The summed E-state index contributed by atoms with van der Waals surface area (Å²) in [6.07, 6.45) is 5.31. The van der Waals surface area contributed by atoms with E-state index in [1.165, 1.54) is 17.1 Å². The van der Waals surface area contributed by atoms with Gasteiger partial charge in [0.25, 0.3) is 5.56 Å². The first kappa shape index (κ1) is 25.6. The van der Waals surface area contributed by atoms with Crippen LogP contribution in [0.3, 0.4) is 0 Å². The number of rotatable bonds is 8. The molecule has 0 radical (unpaired) electrons. The van der Waals surface area contributed by atoms with E-state index < -0.39 is 21.3 Å². The molecule has 0 amide bonds. The molecule has 0 atom stereocenters. The molecular weight excluding hydrogens is 540 g/mol. The largest absolute Gasteiger partial charge is 0.395 e. The number of sulfonamides is 1. The summed E-state index contributed by atoms with van der Waals surface area (Å²) in [5, 5.41) is 18.3. The SMILES string of the molecule is CCn1c(=O)c2c(nc(NC3CCCCC3)n2Cc2ccc(S(N)(=O)=O)c(Br)c2)n(CCO)c1=O. The summed E-state index contributed by atoms with van der Waals surface area (Å²) >= 11 is 3.28. The van der Waals surface area contributed by atoms with Crippen LogP contribution in [0.25, 0.3) is 11.2 Å². The molecule has 2 heterocycles. The Balaban J connectivity index is 1.91. The summed E-state index contributed by atoms with van der Waals surface area (Å²) in [5.41, 5.74) is 0.166. The number of benzene rings is 1. The van der Waals surface area contributed by atoms with Crippen molar-refractivity contribution in [2.24, 2.45) is 5.14 Å². The number of primary sulfonamides is 1. The lowest BCUT2D eigenvalue weighted by atomic mass is 9.96. The topological polar surface area (TPSA) is 154 Å². The van der Waals surface area contributed by atoms with E-state index in [-0.39, 0.29) is 48.3 Å². The van der Waals surface area contributed by atoms with Crippen molar-refractivity contribution in [3.8, 4) is 0 Å². The molecule has 190 valence electrons. The highest BCUT2D eigenvalue weighted by Crippen LogP contribution is 2.26. The van der Waals surface area contributed by atoms with Gasteiger partial charge in [0.15, 0.2) is 11.2 Å². The van der Waals surface area contributed by atoms with Crippen molar-refractivity contribution in [1.82, 2.24) is 18.7 Å². The van der Waals surface area contributed by atoms with E-state index in [1.54, 1.807) is 23.6 Å². The third-order valence-electron chi connectivity index (χ3n) is 6.34. The van der Waals surface area contributed by atoms with E-state index in [1.807, 2.05) is 0 Å². The summed E-state index contributed by atoms with van der Waals surface area (Å²) < 4.78 is 28.1. The molecule has 2 aromatic heterocycles. The monoisotopic (exact) mass is 568 g/mol. The number of anilines is 1. The molecule has 13 heteroatoms. The van der Waals surface area contributed by atoms with E-state index in [2.05, 4.69) is 26.2 Å². The van der Waals surface area contributed by atoms with E-state index in [9.17, 15) is 23.1 Å². The standard InChI is InChI=1S/C22H29BrN6O5S/c1-2-27-20(31)18-19(28(10-11-30)22(27)32)26-21(25-15-6-4-3-5-7-15)29(18)13-14-8-9-17(16(23)12-14)35(24,33)34/h8-9,12,15,30H,2-7,10-11,13H2,1H3,(H,25,26)(H2,24,33,34). The third-order valence-corrected chi connectivity index (χ3v) is 8.22. The van der Waals surface area contributed by atoms with Gasteiger partial charge in [0, 0.05) is 17.1 Å². The zero-order valence-electron chi connectivity index (χ0n) is 19.4. The molecule has 0 unspecified atom stereocenters. The van der Waals surface area contributed by atoms with Crippen LogP contribution in [0, 0.1) is 0 Å². The minimum absolute atomic E-state index is 0.00407. The Morgan fingerprint density at radius 3 is 2.49 bits per heavy atom. The molecule has 3 aromatic rings. The lowest BCUT2D eigenvalue weighted by Gasteiger charge is -2.23. The van der Waals surface area contributed by atoms with Gasteiger partial charge in [0.05, 0.1) is 24.6 Å². The van der Waals surface area contributed by atoms with Gasteiger partial charge in [-0.15, -0.1) is 0 Å². The number of aromatic nitrogens is 4. The van der Waals surface area contributed by atoms with Crippen LogP contribution < -0.4 is 21.7 Å². The fraction of sp³-hybridized carbons (Fsp3) is 0.500. The number of hydrogen-bond donors (Lipinski definition) is 3. The Bertz CT molecular complexity index is 1470. The molecule has 35 heavy (non-hydrogen) atoms. The van der Waals surface area contributed by atoms with Crippen LogP contribution in [0.1, 0.15) is 44.6 Å². The first-order valence-electron chi connectivity index (χ1n) is 11.6. The van der Waals surface area contributed by atoms with Crippen molar-refractivity contribution in [3.63, 3.8) is 0 Å². The number of aliphatic hydroxyl groups is 1. The van der Waals surface area contributed by atoms with Crippen molar-refractivity contribution in [3.05, 3.63) is 49.1 Å². The molecule has 0 saturated heterocycles. The van der Waals surface area contributed by atoms with E-state index in [0.29, 0.717) is 16.0 Å². The van der Waals surface area contributed by atoms with Gasteiger partial charge in [0.1, 0.15) is 0 Å². The van der Waals surface area contributed by atoms with Crippen molar-refractivity contribution in [2.75, 3.05) is 11.9 Å². The Kier molecular flexibility index (Phi) is 7.50. The summed E-state index contributed by atoms with van der Waals surface area (Å²) in [4.78, 5) is 31.0. The molecule has 4 N–H and O–H groups in total. The average molecular weight is 569 g/mol. The lowest BCUT2D eigenvalue weighted by molar-refractivity contribution is 0.274. The van der Waals surface area contributed by atoms with Gasteiger partial charge < -0.3 is 10.4 Å². The van der Waals surface area contributed by atoms with Gasteiger partial charge in [-0.1, -0.05) is 25.3 Å². The number of fused-ring (bicyclic) bond motifs is 1. The number of nitrogens with zero attached hydrogens (tertiary/aromatic N) is 4. The third kappa shape index (κ3) is 5.08. The van der Waals surface area contributed by atoms with E-state index in [4.69, 9.17) is 5.14 Å². The predicted molar refractivity (Wildman–Crippen MR) is 136 cm³/mol. The van der Waals surface area contributed by atoms with Crippen LogP contribution in [-0.2, 0) is 29.7 Å². The molecule has 1 saturated carbocycles. The Labute approximate surface area is 210 Å². The number of nitrogens with two attached hydrogens (primary N) is 1. The highest BCUT2D eigenvalue weighted by atomic mass is 79.9. The minimum Gasteiger partial charge on any atom is -0.395 e. The molecule has 1 aromatic carbocycles. The van der Waals surface area contributed by atoms with Gasteiger partial charge in [0.2, 0.25) is 16.0 Å². The number of halogens is 1. The maximum Gasteiger partial charge on any atom is 0.332 e. The molecule has 1 aliphatic carbocycles. The second-order valence-corrected chi connectivity index (χ2v) is 11.1. The number of imidazole rings is 1. The summed E-state index contributed by atoms with van der Waals surface area (Å²) in [7, 11) is -3.90. The highest BCUT2D eigenvalue weighted by molar-refractivity contribution is 9.10. The zero-order valence-corrected chi connectivity index (χ0v) is 21.8. The highest BCUT2D eigenvalue weighted by Gasteiger charge is 2.24. The minimum atomic E-state index is -3.90. The van der Waals surface area contributed by atoms with E-state index >= 15 is 0 Å². The van der Waals surface area contributed by atoms with E-state index in [0.717, 1.165) is 30.3 Å². The number of nitrogens with one attached hydrogen (secondary N) is 1. The summed E-state index contributed by atoms with van der Waals surface area (Å²) in [6, 6.07) is 4.86.